The predicted octanol–water partition coefficient (Wildman–Crippen LogP) is 4.48. The molecule has 2 rings (SSSR count). The number of rotatable bonds is 5. The summed E-state index contributed by atoms with van der Waals surface area (Å²) >= 11 is 12.1. The lowest BCUT2D eigenvalue weighted by Crippen LogP contribution is -2.47. The number of alkyl carbamates (subject to hydrolysis) is 1. The molecule has 1 aromatic carbocycles. The molecule has 1 aromatic rings. The molecular weight excluding hydrogens is 423 g/mol. The van der Waals surface area contributed by atoms with Crippen LogP contribution in [0.1, 0.15) is 11.7 Å². The predicted molar refractivity (Wildman–Crippen MR) is 111 cm³/mol. The topological polar surface area (TPSA) is 88.1 Å². The molecule has 28 heavy (non-hydrogen) atoms. The summed E-state index contributed by atoms with van der Waals surface area (Å²) < 4.78 is 11.2. The van der Waals surface area contributed by atoms with E-state index in [0.29, 0.717) is 22.2 Å². The minimum absolute atomic E-state index is 0.0728. The minimum Gasteiger partial charge on any atom is -0.465 e. The molecule has 156 valence electrons. The van der Waals surface area contributed by atoms with E-state index >= 15 is 0 Å². The summed E-state index contributed by atoms with van der Waals surface area (Å²) in [5.41, 5.74) is 0.703. The monoisotopic (exact) mass is 448 g/mol. The Balaban J connectivity index is 2.15. The van der Waals surface area contributed by atoms with Gasteiger partial charge in [-0.05, 0) is 23.7 Å². The van der Waals surface area contributed by atoms with Gasteiger partial charge in [-0.1, -0.05) is 48.9 Å². The fourth-order valence-electron chi connectivity index (χ4n) is 2.79. The molecule has 10 heteroatoms. The molecule has 0 unspecified atom stereocenters. The van der Waals surface area contributed by atoms with Crippen LogP contribution in [-0.4, -0.2) is 62.6 Å². The highest BCUT2D eigenvalue weighted by Crippen LogP contribution is 2.30. The first-order valence-electron chi connectivity index (χ1n) is 9.04. The molecule has 2 atom stereocenters. The van der Waals surface area contributed by atoms with Crippen molar-refractivity contribution in [2.45, 2.75) is 37.8 Å². The van der Waals surface area contributed by atoms with Crippen LogP contribution in [0.2, 0.25) is 35.7 Å². The van der Waals surface area contributed by atoms with Gasteiger partial charge in [0.2, 0.25) is 0 Å². The van der Waals surface area contributed by atoms with Crippen molar-refractivity contribution in [1.82, 2.24) is 10.2 Å². The normalized spacial score (nSPS) is 20.4. The Bertz CT molecular complexity index is 714. The maximum absolute atomic E-state index is 12.3. The van der Waals surface area contributed by atoms with Crippen LogP contribution >= 0.6 is 23.2 Å². The maximum atomic E-state index is 12.3. The van der Waals surface area contributed by atoms with Gasteiger partial charge in [0.25, 0.3) is 0 Å². The van der Waals surface area contributed by atoms with Gasteiger partial charge in [0.05, 0.1) is 29.3 Å². The van der Waals surface area contributed by atoms with E-state index in [-0.39, 0.29) is 19.7 Å². The van der Waals surface area contributed by atoms with Crippen molar-refractivity contribution in [3.05, 3.63) is 33.8 Å². The lowest BCUT2D eigenvalue weighted by atomic mass is 10.0. The molecule has 1 saturated heterocycles. The van der Waals surface area contributed by atoms with Gasteiger partial charge in [-0.2, -0.15) is 0 Å². The Morgan fingerprint density at radius 2 is 2.04 bits per heavy atom. The zero-order valence-electron chi connectivity index (χ0n) is 16.2. The Labute approximate surface area is 175 Å². The van der Waals surface area contributed by atoms with Crippen LogP contribution in [0.4, 0.5) is 9.59 Å². The fourth-order valence-corrected chi connectivity index (χ4v) is 3.81. The average molecular weight is 449 g/mol. The molecule has 2 N–H and O–H groups in total. The second-order valence-corrected chi connectivity index (χ2v) is 14.3. The molecule has 0 aromatic heterocycles. The van der Waals surface area contributed by atoms with Crippen LogP contribution in [0.5, 0.6) is 0 Å². The Kier molecular flexibility index (Phi) is 8.00. The van der Waals surface area contributed by atoms with Crippen LogP contribution in [0.15, 0.2) is 18.2 Å². The third-order valence-electron chi connectivity index (χ3n) is 4.37. The number of carbonyl (C=O) groups excluding carboxylic acids is 1. The number of halogens is 2. The minimum atomic E-state index is -1.33. The first kappa shape index (κ1) is 22.8. The quantitative estimate of drug-likeness (QED) is 0.648. The average Bonchev–Trinajstić information content (AvgIpc) is 2.79. The standard InChI is InChI=1S/C18H26Cl2N2O5Si/c1-28(2,3)9-8-27-17(23)21-15-11-22(18(24)25)6-7-26-16(15)12-4-5-13(19)14(20)10-12/h4-5,10,15-16H,6-9,11H2,1-3H3,(H,21,23)(H,24,25)/t15-,16+/m1/s1. The number of benzene rings is 1. The van der Waals surface area contributed by atoms with Crippen molar-refractivity contribution < 1.29 is 24.2 Å². The van der Waals surface area contributed by atoms with E-state index in [1.807, 2.05) is 0 Å². The third-order valence-corrected chi connectivity index (χ3v) is 6.82. The van der Waals surface area contributed by atoms with Crippen LogP contribution in [0, 0.1) is 0 Å². The smallest absolute Gasteiger partial charge is 0.407 e. The van der Waals surface area contributed by atoms with Crippen molar-refractivity contribution in [2.75, 3.05) is 26.3 Å². The van der Waals surface area contributed by atoms with Gasteiger partial charge in [0.1, 0.15) is 6.10 Å². The van der Waals surface area contributed by atoms with Gasteiger partial charge in [0.15, 0.2) is 0 Å². The van der Waals surface area contributed by atoms with Crippen molar-refractivity contribution >= 4 is 43.5 Å². The summed E-state index contributed by atoms with van der Waals surface area (Å²) in [6.45, 7) is 7.38. The maximum Gasteiger partial charge on any atom is 0.407 e. The summed E-state index contributed by atoms with van der Waals surface area (Å²) in [6.07, 6.45) is -2.25. The van der Waals surface area contributed by atoms with Gasteiger partial charge in [-0.3, -0.25) is 0 Å². The summed E-state index contributed by atoms with van der Waals surface area (Å²) in [5, 5.41) is 12.9. The van der Waals surface area contributed by atoms with E-state index in [4.69, 9.17) is 32.7 Å². The van der Waals surface area contributed by atoms with Crippen LogP contribution < -0.4 is 5.32 Å². The second kappa shape index (κ2) is 9.82. The van der Waals surface area contributed by atoms with Crippen molar-refractivity contribution in [1.29, 1.82) is 0 Å². The number of ether oxygens (including phenoxy) is 2. The first-order chi connectivity index (χ1) is 13.1. The summed E-state index contributed by atoms with van der Waals surface area (Å²) in [7, 11) is -1.33. The molecule has 1 aliphatic heterocycles. The molecule has 1 fully saturated rings. The molecular formula is C18H26Cl2N2O5Si. The lowest BCUT2D eigenvalue weighted by molar-refractivity contribution is 0.0416. The van der Waals surface area contributed by atoms with E-state index in [1.165, 1.54) is 4.90 Å². The fraction of sp³-hybridized carbons (Fsp3) is 0.556. The second-order valence-electron chi connectivity index (χ2n) is 7.89. The summed E-state index contributed by atoms with van der Waals surface area (Å²) in [6, 6.07) is 5.27. The number of hydrogen-bond donors (Lipinski definition) is 2. The molecule has 7 nitrogen and oxygen atoms in total. The number of nitrogens with one attached hydrogen (secondary N) is 1. The number of carbonyl (C=O) groups is 2. The molecule has 0 radical (unpaired) electrons. The summed E-state index contributed by atoms with van der Waals surface area (Å²) in [5.74, 6) is 0. The van der Waals surface area contributed by atoms with E-state index in [9.17, 15) is 14.7 Å². The summed E-state index contributed by atoms with van der Waals surface area (Å²) in [4.78, 5) is 25.0. The van der Waals surface area contributed by atoms with E-state index in [2.05, 4.69) is 25.0 Å². The van der Waals surface area contributed by atoms with Gasteiger partial charge in [-0.15, -0.1) is 0 Å². The van der Waals surface area contributed by atoms with Crippen LogP contribution in [-0.2, 0) is 9.47 Å². The third kappa shape index (κ3) is 6.84. The Morgan fingerprint density at radius 1 is 1.32 bits per heavy atom. The van der Waals surface area contributed by atoms with Gasteiger partial charge < -0.3 is 24.8 Å². The highest BCUT2D eigenvalue weighted by Gasteiger charge is 2.33. The molecule has 0 bridgehead atoms. The highest BCUT2D eigenvalue weighted by molar-refractivity contribution is 6.76. The van der Waals surface area contributed by atoms with Crippen molar-refractivity contribution in [3.8, 4) is 0 Å². The number of nitrogens with zero attached hydrogens (tertiary/aromatic N) is 1. The molecule has 0 aliphatic carbocycles. The van der Waals surface area contributed by atoms with Gasteiger partial charge in [0, 0.05) is 21.2 Å². The molecule has 1 aliphatic rings. The van der Waals surface area contributed by atoms with Crippen molar-refractivity contribution in [2.24, 2.45) is 0 Å². The Hall–Kier alpha value is -1.48. The highest BCUT2D eigenvalue weighted by atomic mass is 35.5. The SMILES string of the molecule is C[Si](C)(C)CCOC(=O)N[C@@H]1CN(C(=O)O)CCO[C@H]1c1ccc(Cl)c(Cl)c1. The number of hydrogen-bond acceptors (Lipinski definition) is 4. The largest absolute Gasteiger partial charge is 0.465 e. The zero-order chi connectivity index (χ0) is 20.9. The molecule has 0 spiro atoms. The molecule has 1 heterocycles. The number of carboxylic acid groups (broad SMARTS) is 1. The molecule has 0 saturated carbocycles. The van der Waals surface area contributed by atoms with Gasteiger partial charge in [-0.25, -0.2) is 9.59 Å². The van der Waals surface area contributed by atoms with E-state index in [0.717, 1.165) is 6.04 Å². The lowest BCUT2D eigenvalue weighted by Gasteiger charge is -2.28. The molecule has 2 amide bonds. The number of amides is 2. The van der Waals surface area contributed by atoms with Gasteiger partial charge >= 0.3 is 12.2 Å². The first-order valence-corrected chi connectivity index (χ1v) is 13.5. The van der Waals surface area contributed by atoms with E-state index in [1.54, 1.807) is 18.2 Å². The van der Waals surface area contributed by atoms with Crippen LogP contribution in [0.25, 0.3) is 0 Å². The van der Waals surface area contributed by atoms with Crippen LogP contribution in [0.3, 0.4) is 0 Å². The van der Waals surface area contributed by atoms with Crippen molar-refractivity contribution in [3.63, 3.8) is 0 Å². The Morgan fingerprint density at radius 3 is 2.64 bits per heavy atom. The zero-order valence-corrected chi connectivity index (χ0v) is 18.7. The van der Waals surface area contributed by atoms with E-state index < -0.39 is 32.4 Å².